The summed E-state index contributed by atoms with van der Waals surface area (Å²) in [6, 6.07) is 11.2. The second kappa shape index (κ2) is 9.64. The molecule has 1 heterocycles. The maximum absolute atomic E-state index is 10.7. The third-order valence-electron chi connectivity index (χ3n) is 5.31. The first kappa shape index (κ1) is 21.0. The third-order valence-corrected chi connectivity index (χ3v) is 5.86. The zero-order valence-corrected chi connectivity index (χ0v) is 17.6. The van der Waals surface area contributed by atoms with Gasteiger partial charge in [-0.15, -0.1) is 0 Å². The Morgan fingerprint density at radius 2 is 1.68 bits per heavy atom. The smallest absolute Gasteiger partial charge is 0.409 e. The molecule has 28 heavy (non-hydrogen) atoms. The molecule has 0 aromatic heterocycles. The predicted octanol–water partition coefficient (Wildman–Crippen LogP) is 6.61. The minimum atomic E-state index is -1.07. The van der Waals surface area contributed by atoms with Gasteiger partial charge < -0.3 is 10.0 Å². The van der Waals surface area contributed by atoms with E-state index in [0.29, 0.717) is 15.7 Å². The molecule has 0 saturated heterocycles. The average molecular weight is 421 g/mol. The van der Waals surface area contributed by atoms with Crippen LogP contribution in [0.25, 0.3) is 0 Å². The van der Waals surface area contributed by atoms with Crippen LogP contribution >= 0.6 is 23.2 Å². The largest absolute Gasteiger partial charge is 0.465 e. The molecule has 0 bridgehead atoms. The van der Waals surface area contributed by atoms with Crippen LogP contribution in [0.3, 0.4) is 0 Å². The summed E-state index contributed by atoms with van der Waals surface area (Å²) in [4.78, 5) is 12.9. The summed E-state index contributed by atoms with van der Waals surface area (Å²) >= 11 is 12.5. The van der Waals surface area contributed by atoms with Gasteiger partial charge in [-0.1, -0.05) is 67.4 Å². The van der Waals surface area contributed by atoms with E-state index in [-0.39, 0.29) is 5.92 Å². The van der Waals surface area contributed by atoms with Crippen LogP contribution in [0.1, 0.15) is 54.7 Å². The first-order valence-corrected chi connectivity index (χ1v) is 10.5. The molecular weight excluding hydrogens is 395 g/mol. The monoisotopic (exact) mass is 420 g/mol. The van der Waals surface area contributed by atoms with Crippen molar-refractivity contribution in [2.45, 2.75) is 44.6 Å². The maximum Gasteiger partial charge on any atom is 0.409 e. The molecule has 2 aliphatic rings. The van der Waals surface area contributed by atoms with Gasteiger partial charge in [-0.25, -0.2) is 4.79 Å². The van der Waals surface area contributed by atoms with Gasteiger partial charge in [0.1, 0.15) is 0 Å². The fourth-order valence-corrected chi connectivity index (χ4v) is 4.51. The van der Waals surface area contributed by atoms with E-state index in [1.165, 1.54) is 32.1 Å². The molecule has 2 aromatic carbocycles. The first-order valence-electron chi connectivity index (χ1n) is 9.70. The third kappa shape index (κ3) is 5.40. The number of rotatable bonds is 2. The second-order valence-corrected chi connectivity index (χ2v) is 8.37. The van der Waals surface area contributed by atoms with Crippen LogP contribution in [0.15, 0.2) is 36.4 Å². The quantitative estimate of drug-likeness (QED) is 0.574. The Labute approximate surface area is 176 Å². The number of fused-ring (bicyclic) bond motifs is 1. The van der Waals surface area contributed by atoms with Crippen LogP contribution in [0.2, 0.25) is 10.0 Å². The lowest BCUT2D eigenvalue weighted by atomic mass is 9.85. The van der Waals surface area contributed by atoms with Crippen molar-refractivity contribution in [2.75, 3.05) is 18.9 Å². The minimum absolute atomic E-state index is 0.152. The molecular formula is C22H26Cl2N2O2. The van der Waals surface area contributed by atoms with Crippen molar-refractivity contribution in [1.82, 2.24) is 4.90 Å². The van der Waals surface area contributed by atoms with E-state index in [1.54, 1.807) is 18.2 Å². The number of hydrogen-bond donors (Lipinski definition) is 2. The minimum Gasteiger partial charge on any atom is -0.465 e. The SMILES string of the molecule is C1CCCC1.CN1Cc2c(Cl)cc(Cl)cc2C(c2ccc(NC(=O)O)cc2)C1. The molecule has 1 fully saturated rings. The highest BCUT2D eigenvalue weighted by Crippen LogP contribution is 2.38. The van der Waals surface area contributed by atoms with Gasteiger partial charge >= 0.3 is 6.09 Å². The molecule has 0 radical (unpaired) electrons. The van der Waals surface area contributed by atoms with Gasteiger partial charge in [0.15, 0.2) is 0 Å². The molecule has 1 aliphatic carbocycles. The zero-order valence-electron chi connectivity index (χ0n) is 16.0. The van der Waals surface area contributed by atoms with Gasteiger partial charge in [-0.05, 0) is 48.0 Å². The van der Waals surface area contributed by atoms with Crippen LogP contribution in [0.5, 0.6) is 0 Å². The highest BCUT2D eigenvalue weighted by Gasteiger charge is 2.27. The summed E-state index contributed by atoms with van der Waals surface area (Å²) in [5, 5.41) is 12.4. The van der Waals surface area contributed by atoms with E-state index in [2.05, 4.69) is 17.3 Å². The first-order chi connectivity index (χ1) is 13.4. The molecule has 4 nitrogen and oxygen atoms in total. The second-order valence-electron chi connectivity index (χ2n) is 7.52. The summed E-state index contributed by atoms with van der Waals surface area (Å²) in [5.41, 5.74) is 3.89. The van der Waals surface area contributed by atoms with Crippen molar-refractivity contribution < 1.29 is 9.90 Å². The Hall–Kier alpha value is -1.75. The molecule has 1 unspecified atom stereocenters. The van der Waals surface area contributed by atoms with E-state index in [4.69, 9.17) is 28.3 Å². The number of nitrogens with one attached hydrogen (secondary N) is 1. The summed E-state index contributed by atoms with van der Waals surface area (Å²) < 4.78 is 0. The number of nitrogens with zero attached hydrogens (tertiary/aromatic N) is 1. The summed E-state index contributed by atoms with van der Waals surface area (Å²) in [6.07, 6.45) is 6.43. The van der Waals surface area contributed by atoms with Gasteiger partial charge in [-0.2, -0.15) is 0 Å². The van der Waals surface area contributed by atoms with Crippen molar-refractivity contribution in [3.8, 4) is 0 Å². The standard InChI is InChI=1S/C17H16Cl2N2O2.C5H10/c1-21-8-14(10-2-4-12(5-3-10)20-17(22)23)13-6-11(18)7-16(19)15(13)9-21;1-2-4-5-3-1/h2-7,14,20H,8-9H2,1H3,(H,22,23);1-5H2. The number of anilines is 1. The lowest BCUT2D eigenvalue weighted by molar-refractivity contribution is 0.210. The Balaban J connectivity index is 0.000000391. The van der Waals surface area contributed by atoms with E-state index < -0.39 is 6.09 Å². The molecule has 6 heteroatoms. The van der Waals surface area contributed by atoms with Crippen molar-refractivity contribution in [1.29, 1.82) is 0 Å². The topological polar surface area (TPSA) is 52.6 Å². The van der Waals surface area contributed by atoms with Crippen molar-refractivity contribution in [3.63, 3.8) is 0 Å². The lowest BCUT2D eigenvalue weighted by Crippen LogP contribution is -2.31. The molecule has 1 atom stereocenters. The van der Waals surface area contributed by atoms with Crippen molar-refractivity contribution >= 4 is 35.0 Å². The molecule has 0 spiro atoms. The number of amides is 1. The normalized spacial score (nSPS) is 18.8. The Morgan fingerprint density at radius 3 is 2.25 bits per heavy atom. The summed E-state index contributed by atoms with van der Waals surface area (Å²) in [5.74, 6) is 0.152. The van der Waals surface area contributed by atoms with Gasteiger partial charge in [0.05, 0.1) is 0 Å². The summed E-state index contributed by atoms with van der Waals surface area (Å²) in [7, 11) is 2.06. The van der Waals surface area contributed by atoms with E-state index >= 15 is 0 Å². The van der Waals surface area contributed by atoms with Crippen LogP contribution < -0.4 is 5.32 Å². The van der Waals surface area contributed by atoms with Crippen LogP contribution in [0.4, 0.5) is 10.5 Å². The van der Waals surface area contributed by atoms with Gasteiger partial charge in [0, 0.05) is 34.7 Å². The molecule has 150 valence electrons. The highest BCUT2D eigenvalue weighted by atomic mass is 35.5. The number of likely N-dealkylation sites (N-methyl/N-ethyl adjacent to an activating group) is 1. The summed E-state index contributed by atoms with van der Waals surface area (Å²) in [6.45, 7) is 1.65. The van der Waals surface area contributed by atoms with Gasteiger partial charge in [0.25, 0.3) is 0 Å². The number of hydrogen-bond acceptors (Lipinski definition) is 2. The van der Waals surface area contributed by atoms with Crippen molar-refractivity contribution in [2.24, 2.45) is 0 Å². The Morgan fingerprint density at radius 1 is 1.07 bits per heavy atom. The van der Waals surface area contributed by atoms with Crippen LogP contribution in [-0.2, 0) is 6.54 Å². The number of carbonyl (C=O) groups is 1. The number of halogens is 2. The number of carboxylic acid groups (broad SMARTS) is 1. The molecule has 2 N–H and O–H groups in total. The molecule has 4 rings (SSSR count). The number of benzene rings is 2. The van der Waals surface area contributed by atoms with Crippen LogP contribution in [0, 0.1) is 0 Å². The Bertz CT molecular complexity index is 812. The average Bonchev–Trinajstić information content (AvgIpc) is 3.22. The molecule has 1 aliphatic heterocycles. The van der Waals surface area contributed by atoms with Gasteiger partial charge in [0.2, 0.25) is 0 Å². The van der Waals surface area contributed by atoms with Crippen molar-refractivity contribution in [3.05, 3.63) is 63.1 Å². The Kier molecular flexibility index (Phi) is 7.22. The molecule has 1 saturated carbocycles. The van der Waals surface area contributed by atoms with E-state index in [1.807, 2.05) is 18.2 Å². The highest BCUT2D eigenvalue weighted by molar-refractivity contribution is 6.35. The van der Waals surface area contributed by atoms with Gasteiger partial charge in [-0.3, -0.25) is 5.32 Å². The van der Waals surface area contributed by atoms with E-state index in [9.17, 15) is 4.79 Å². The molecule has 2 aromatic rings. The molecule has 1 amide bonds. The fraction of sp³-hybridized carbons (Fsp3) is 0.409. The van der Waals surface area contributed by atoms with E-state index in [0.717, 1.165) is 29.8 Å². The fourth-order valence-electron chi connectivity index (χ4n) is 3.94. The lowest BCUT2D eigenvalue weighted by Gasteiger charge is -2.33. The zero-order chi connectivity index (χ0) is 20.1. The van der Waals surface area contributed by atoms with Crippen LogP contribution in [-0.4, -0.2) is 29.7 Å². The predicted molar refractivity (Wildman–Crippen MR) is 116 cm³/mol. The maximum atomic E-state index is 10.7.